The van der Waals surface area contributed by atoms with Crippen molar-refractivity contribution >= 4 is 28.8 Å². The van der Waals surface area contributed by atoms with Crippen molar-refractivity contribution in [1.29, 1.82) is 0 Å². The molecule has 2 aromatic rings. The number of carbonyl (C=O) groups is 1. The Hall–Kier alpha value is -1.80. The fourth-order valence-electron chi connectivity index (χ4n) is 1.84. The Morgan fingerprint density at radius 3 is 2.86 bits per heavy atom. The van der Waals surface area contributed by atoms with E-state index in [2.05, 4.69) is 11.8 Å². The zero-order valence-electron chi connectivity index (χ0n) is 11.5. The highest BCUT2D eigenvalue weighted by molar-refractivity contribution is 7.12. The number of halogens is 1. The van der Waals surface area contributed by atoms with Gasteiger partial charge in [-0.05, 0) is 23.1 Å². The number of amides is 1. The summed E-state index contributed by atoms with van der Waals surface area (Å²) in [7, 11) is 1.73. The Bertz CT molecular complexity index is 700. The average Bonchev–Trinajstić information content (AvgIpc) is 2.95. The van der Waals surface area contributed by atoms with Crippen LogP contribution < -0.4 is 0 Å². The summed E-state index contributed by atoms with van der Waals surface area (Å²) in [5, 5.41) is 11.2. The van der Waals surface area contributed by atoms with Crippen LogP contribution in [0.15, 0.2) is 35.7 Å². The maximum Gasteiger partial charge on any atom is 0.265 e. The summed E-state index contributed by atoms with van der Waals surface area (Å²) in [5.74, 6) is 5.25. The molecule has 0 saturated carbocycles. The Balaban J connectivity index is 2.17. The number of thiophene rings is 1. The number of aliphatic hydroxyl groups excluding tert-OH is 1. The maximum absolute atomic E-state index is 12.5. The number of nitrogens with zero attached hydrogens (tertiary/aromatic N) is 1. The zero-order chi connectivity index (χ0) is 15.2. The van der Waals surface area contributed by atoms with Gasteiger partial charge in [-0.15, -0.1) is 11.3 Å². The minimum absolute atomic E-state index is 0.104. The summed E-state index contributed by atoms with van der Waals surface area (Å²) < 4.78 is 0. The van der Waals surface area contributed by atoms with Crippen molar-refractivity contribution in [2.45, 2.75) is 6.54 Å². The Kier molecular flexibility index (Phi) is 5.40. The molecule has 0 saturated heterocycles. The van der Waals surface area contributed by atoms with Crippen molar-refractivity contribution in [3.63, 3.8) is 0 Å². The van der Waals surface area contributed by atoms with Gasteiger partial charge in [-0.1, -0.05) is 41.6 Å². The maximum atomic E-state index is 12.5. The molecule has 0 aliphatic heterocycles. The summed E-state index contributed by atoms with van der Waals surface area (Å²) in [6.07, 6.45) is 0. The third-order valence-electron chi connectivity index (χ3n) is 2.87. The van der Waals surface area contributed by atoms with Crippen molar-refractivity contribution in [2.75, 3.05) is 13.7 Å². The number of benzene rings is 1. The van der Waals surface area contributed by atoms with Gasteiger partial charge >= 0.3 is 0 Å². The Morgan fingerprint density at radius 2 is 2.14 bits per heavy atom. The van der Waals surface area contributed by atoms with Crippen molar-refractivity contribution < 1.29 is 9.90 Å². The second-order valence-electron chi connectivity index (χ2n) is 4.38. The molecule has 0 aliphatic carbocycles. The fraction of sp³-hybridized carbons (Fsp3) is 0.188. The lowest BCUT2D eigenvalue weighted by Gasteiger charge is -2.17. The van der Waals surface area contributed by atoms with E-state index < -0.39 is 0 Å². The fourth-order valence-corrected chi connectivity index (χ4v) is 2.87. The second kappa shape index (κ2) is 7.28. The van der Waals surface area contributed by atoms with Crippen LogP contribution in [0, 0.1) is 11.8 Å². The van der Waals surface area contributed by atoms with Gasteiger partial charge in [0.2, 0.25) is 0 Å². The van der Waals surface area contributed by atoms with E-state index in [0.29, 0.717) is 22.0 Å². The van der Waals surface area contributed by atoms with Gasteiger partial charge in [0.15, 0.2) is 0 Å². The third-order valence-corrected chi connectivity index (χ3v) is 4.14. The lowest BCUT2D eigenvalue weighted by atomic mass is 10.2. The number of carbonyl (C=O) groups excluding carboxylic acids is 1. The summed E-state index contributed by atoms with van der Waals surface area (Å²) in [6.45, 7) is 0.211. The molecule has 108 valence electrons. The van der Waals surface area contributed by atoms with Gasteiger partial charge in [0, 0.05) is 24.2 Å². The molecule has 1 heterocycles. The summed E-state index contributed by atoms with van der Waals surface area (Å²) in [4.78, 5) is 14.7. The quantitative estimate of drug-likeness (QED) is 0.883. The third kappa shape index (κ3) is 3.85. The molecule has 0 unspecified atom stereocenters. The second-order valence-corrected chi connectivity index (χ2v) is 5.70. The van der Waals surface area contributed by atoms with Crippen LogP contribution in [0.4, 0.5) is 0 Å². The molecule has 1 aromatic carbocycles. The highest BCUT2D eigenvalue weighted by atomic mass is 35.5. The number of hydrogen-bond acceptors (Lipinski definition) is 3. The molecule has 0 atom stereocenters. The van der Waals surface area contributed by atoms with E-state index in [-0.39, 0.29) is 12.5 Å². The van der Waals surface area contributed by atoms with Crippen LogP contribution in [0.5, 0.6) is 0 Å². The lowest BCUT2D eigenvalue weighted by Crippen LogP contribution is -2.26. The normalized spacial score (nSPS) is 9.86. The van der Waals surface area contributed by atoms with Gasteiger partial charge in [0.25, 0.3) is 5.91 Å². The van der Waals surface area contributed by atoms with Crippen LogP contribution in [0.1, 0.15) is 20.8 Å². The van der Waals surface area contributed by atoms with Crippen LogP contribution in [0.25, 0.3) is 0 Å². The van der Waals surface area contributed by atoms with Crippen LogP contribution in [0.3, 0.4) is 0 Å². The lowest BCUT2D eigenvalue weighted by molar-refractivity contribution is 0.0789. The summed E-state index contributed by atoms with van der Waals surface area (Å²) in [5.41, 5.74) is 1.54. The molecule has 0 fully saturated rings. The van der Waals surface area contributed by atoms with Gasteiger partial charge in [0.05, 0.1) is 0 Å². The molecule has 0 radical (unpaired) electrons. The first-order valence-corrected chi connectivity index (χ1v) is 7.55. The number of aliphatic hydroxyl groups is 1. The van der Waals surface area contributed by atoms with Crippen molar-refractivity contribution in [3.8, 4) is 11.8 Å². The predicted octanol–water partition coefficient (Wildman–Crippen LogP) is 3.02. The molecule has 0 bridgehead atoms. The van der Waals surface area contributed by atoms with Gasteiger partial charge in [-0.2, -0.15) is 0 Å². The molecule has 21 heavy (non-hydrogen) atoms. The highest BCUT2D eigenvalue weighted by Gasteiger charge is 2.17. The van der Waals surface area contributed by atoms with E-state index >= 15 is 0 Å². The molecule has 3 nitrogen and oxygen atoms in total. The van der Waals surface area contributed by atoms with Gasteiger partial charge in [0.1, 0.15) is 11.5 Å². The molecule has 0 spiro atoms. The standard InChI is InChI=1S/C16H14ClNO2S/c1-18(11-13-5-2-3-7-14(13)17)16(20)15-12(6-4-9-19)8-10-21-15/h2-3,5,7-8,10,19H,9,11H2,1H3. The van der Waals surface area contributed by atoms with Crippen molar-refractivity contribution in [2.24, 2.45) is 0 Å². The topological polar surface area (TPSA) is 40.5 Å². The average molecular weight is 320 g/mol. The van der Waals surface area contributed by atoms with Crippen LogP contribution in [0.2, 0.25) is 5.02 Å². The first kappa shape index (κ1) is 15.6. The summed E-state index contributed by atoms with van der Waals surface area (Å²) in [6, 6.07) is 9.23. The first-order chi connectivity index (χ1) is 10.1. The largest absolute Gasteiger partial charge is 0.384 e. The molecule has 5 heteroatoms. The molecule has 1 N–H and O–H groups in total. The molecular weight excluding hydrogens is 306 g/mol. The monoisotopic (exact) mass is 319 g/mol. The van der Waals surface area contributed by atoms with Gasteiger partial charge in [-0.25, -0.2) is 0 Å². The predicted molar refractivity (Wildman–Crippen MR) is 85.5 cm³/mol. The Morgan fingerprint density at radius 1 is 1.38 bits per heavy atom. The van der Waals surface area contributed by atoms with E-state index in [1.807, 2.05) is 23.6 Å². The minimum Gasteiger partial charge on any atom is -0.384 e. The minimum atomic E-state index is -0.223. The smallest absolute Gasteiger partial charge is 0.265 e. The van der Waals surface area contributed by atoms with Crippen LogP contribution in [-0.2, 0) is 6.54 Å². The molecule has 1 amide bonds. The molecule has 2 rings (SSSR count). The zero-order valence-corrected chi connectivity index (χ0v) is 13.0. The van der Waals surface area contributed by atoms with Crippen LogP contribution >= 0.6 is 22.9 Å². The number of rotatable bonds is 3. The highest BCUT2D eigenvalue weighted by Crippen LogP contribution is 2.21. The molecular formula is C16H14ClNO2S. The molecule has 1 aromatic heterocycles. The van der Waals surface area contributed by atoms with Gasteiger partial charge in [-0.3, -0.25) is 4.79 Å². The summed E-state index contributed by atoms with van der Waals surface area (Å²) >= 11 is 7.46. The number of hydrogen-bond donors (Lipinski definition) is 1. The van der Waals surface area contributed by atoms with E-state index in [9.17, 15) is 4.79 Å². The molecule has 0 aliphatic rings. The van der Waals surface area contributed by atoms with Crippen molar-refractivity contribution in [1.82, 2.24) is 4.90 Å². The van der Waals surface area contributed by atoms with E-state index in [4.69, 9.17) is 16.7 Å². The van der Waals surface area contributed by atoms with Crippen molar-refractivity contribution in [3.05, 3.63) is 56.7 Å². The Labute approximate surface area is 132 Å². The van der Waals surface area contributed by atoms with E-state index in [0.717, 1.165) is 5.56 Å². The SMILES string of the molecule is CN(Cc1ccccc1Cl)C(=O)c1sccc1C#CCO. The van der Waals surface area contributed by atoms with E-state index in [1.165, 1.54) is 11.3 Å². The first-order valence-electron chi connectivity index (χ1n) is 6.29. The van der Waals surface area contributed by atoms with E-state index in [1.54, 1.807) is 24.1 Å². The van der Waals surface area contributed by atoms with Gasteiger partial charge < -0.3 is 10.0 Å². The van der Waals surface area contributed by atoms with Crippen LogP contribution in [-0.4, -0.2) is 29.6 Å².